The highest BCUT2D eigenvalue weighted by atomic mass is 16.6. The molecule has 0 spiro atoms. The molecule has 100 valence electrons. The molecule has 1 aliphatic rings. The third-order valence-corrected chi connectivity index (χ3v) is 2.97. The normalized spacial score (nSPS) is 15.0. The van der Waals surface area contributed by atoms with Crippen LogP contribution in [0.5, 0.6) is 11.5 Å². The molecule has 2 heterocycles. The summed E-state index contributed by atoms with van der Waals surface area (Å²) in [6, 6.07) is 5.57. The number of anilines is 1. The zero-order valence-corrected chi connectivity index (χ0v) is 10.5. The minimum atomic E-state index is 0.0731. The Hall–Kier alpha value is -2.21. The molecule has 0 aliphatic carbocycles. The molecule has 2 N–H and O–H groups in total. The van der Waals surface area contributed by atoms with Crippen molar-refractivity contribution >= 4 is 5.88 Å². The van der Waals surface area contributed by atoms with E-state index < -0.39 is 0 Å². The van der Waals surface area contributed by atoms with Gasteiger partial charge in [-0.15, -0.1) is 0 Å². The molecule has 1 fully saturated rings. The molecular weight excluding hydrogens is 248 g/mol. The summed E-state index contributed by atoms with van der Waals surface area (Å²) in [6.07, 6.45) is 1.65. The summed E-state index contributed by atoms with van der Waals surface area (Å²) in [5, 5.41) is 3.67. The summed E-state index contributed by atoms with van der Waals surface area (Å²) < 4.78 is 21.0. The maximum atomic E-state index is 5.81. The van der Waals surface area contributed by atoms with Gasteiger partial charge in [-0.2, -0.15) is 0 Å². The quantitative estimate of drug-likeness (QED) is 0.903. The van der Waals surface area contributed by atoms with Crippen LogP contribution in [0.25, 0.3) is 11.1 Å². The number of ether oxygens (including phenoxy) is 3. The van der Waals surface area contributed by atoms with Crippen LogP contribution in [0.2, 0.25) is 0 Å². The predicted octanol–water partition coefficient (Wildman–Crippen LogP) is 1.71. The van der Waals surface area contributed by atoms with Gasteiger partial charge in [0.25, 0.3) is 0 Å². The van der Waals surface area contributed by atoms with Crippen LogP contribution in [0.3, 0.4) is 0 Å². The molecule has 2 aromatic rings. The van der Waals surface area contributed by atoms with Crippen LogP contribution in [0.1, 0.15) is 0 Å². The summed E-state index contributed by atoms with van der Waals surface area (Å²) in [4.78, 5) is 0. The second-order valence-electron chi connectivity index (χ2n) is 4.25. The molecule has 6 nitrogen and oxygen atoms in total. The molecule has 1 aromatic heterocycles. The van der Waals surface area contributed by atoms with Crippen molar-refractivity contribution in [3.8, 4) is 22.6 Å². The van der Waals surface area contributed by atoms with E-state index >= 15 is 0 Å². The summed E-state index contributed by atoms with van der Waals surface area (Å²) in [6.45, 7) is 1.20. The first-order valence-corrected chi connectivity index (χ1v) is 5.91. The maximum absolute atomic E-state index is 5.81. The van der Waals surface area contributed by atoms with Crippen molar-refractivity contribution in [1.29, 1.82) is 0 Å². The number of nitrogens with two attached hydrogens (primary N) is 1. The lowest BCUT2D eigenvalue weighted by Crippen LogP contribution is -2.38. The van der Waals surface area contributed by atoms with Gasteiger partial charge in [0.05, 0.1) is 32.1 Å². The Morgan fingerprint density at radius 2 is 2.16 bits per heavy atom. The average Bonchev–Trinajstić information content (AvgIpc) is 2.80. The van der Waals surface area contributed by atoms with Crippen molar-refractivity contribution in [3.63, 3.8) is 0 Å². The Kier molecular flexibility index (Phi) is 3.00. The van der Waals surface area contributed by atoms with Gasteiger partial charge in [0.15, 0.2) is 11.5 Å². The van der Waals surface area contributed by atoms with Crippen molar-refractivity contribution in [3.05, 3.63) is 24.4 Å². The van der Waals surface area contributed by atoms with Gasteiger partial charge in [-0.25, -0.2) is 0 Å². The maximum Gasteiger partial charge on any atom is 0.229 e. The molecule has 1 aliphatic heterocycles. The molecule has 1 aromatic carbocycles. The highest BCUT2D eigenvalue weighted by molar-refractivity contribution is 5.74. The number of hydrogen-bond donors (Lipinski definition) is 1. The smallest absolute Gasteiger partial charge is 0.229 e. The van der Waals surface area contributed by atoms with E-state index in [0.29, 0.717) is 24.7 Å². The molecule has 3 rings (SSSR count). The first-order chi connectivity index (χ1) is 9.28. The summed E-state index contributed by atoms with van der Waals surface area (Å²) in [5.41, 5.74) is 7.31. The van der Waals surface area contributed by atoms with Crippen LogP contribution in [0.4, 0.5) is 5.88 Å². The molecule has 19 heavy (non-hydrogen) atoms. The molecule has 0 bridgehead atoms. The van der Waals surface area contributed by atoms with Gasteiger partial charge in [-0.05, 0) is 17.7 Å². The minimum absolute atomic E-state index is 0.0731. The first-order valence-electron chi connectivity index (χ1n) is 5.91. The molecule has 0 radical (unpaired) electrons. The topological polar surface area (TPSA) is 79.7 Å². The van der Waals surface area contributed by atoms with Gasteiger partial charge in [-0.1, -0.05) is 11.2 Å². The third kappa shape index (κ3) is 2.22. The van der Waals surface area contributed by atoms with Crippen molar-refractivity contribution in [2.24, 2.45) is 0 Å². The number of nitrogen functional groups attached to an aromatic ring is 1. The fourth-order valence-corrected chi connectivity index (χ4v) is 1.86. The monoisotopic (exact) mass is 262 g/mol. The Bertz CT molecular complexity index is 578. The SMILES string of the molecule is COc1ccc(-c2cnoc2N)cc1OC1COC1. The van der Waals surface area contributed by atoms with E-state index in [0.717, 1.165) is 11.1 Å². The van der Waals surface area contributed by atoms with Crippen LogP contribution < -0.4 is 15.2 Å². The summed E-state index contributed by atoms with van der Waals surface area (Å²) in [5.74, 6) is 1.61. The molecule has 6 heteroatoms. The van der Waals surface area contributed by atoms with Gasteiger partial charge < -0.3 is 24.5 Å². The molecular formula is C13H14N2O4. The highest BCUT2D eigenvalue weighted by Crippen LogP contribution is 2.35. The van der Waals surface area contributed by atoms with Gasteiger partial charge in [0.2, 0.25) is 5.88 Å². The summed E-state index contributed by atoms with van der Waals surface area (Å²) in [7, 11) is 1.60. The number of benzene rings is 1. The Labute approximate surface area is 110 Å². The van der Waals surface area contributed by atoms with Crippen molar-refractivity contribution in [1.82, 2.24) is 5.16 Å². The second kappa shape index (κ2) is 4.81. The van der Waals surface area contributed by atoms with Crippen molar-refractivity contribution in [2.75, 3.05) is 26.1 Å². The van der Waals surface area contributed by atoms with Crippen LogP contribution >= 0.6 is 0 Å². The van der Waals surface area contributed by atoms with Crippen molar-refractivity contribution < 1.29 is 18.7 Å². The number of rotatable bonds is 4. The molecule has 0 amide bonds. The van der Waals surface area contributed by atoms with Crippen LogP contribution in [0.15, 0.2) is 28.9 Å². The standard InChI is InChI=1S/C13H14N2O4/c1-16-11-3-2-8(10-5-15-19-13(10)14)4-12(11)18-9-6-17-7-9/h2-5,9H,6-7,14H2,1H3. The molecule has 0 saturated carbocycles. The number of methoxy groups -OCH3 is 1. The predicted molar refractivity (Wildman–Crippen MR) is 68.1 cm³/mol. The van der Waals surface area contributed by atoms with Gasteiger partial charge in [0, 0.05) is 0 Å². The van der Waals surface area contributed by atoms with Gasteiger partial charge in [0.1, 0.15) is 6.10 Å². The number of nitrogens with zero attached hydrogens (tertiary/aromatic N) is 1. The van der Waals surface area contributed by atoms with Crippen LogP contribution in [-0.4, -0.2) is 31.6 Å². The average molecular weight is 262 g/mol. The zero-order chi connectivity index (χ0) is 13.2. The fraction of sp³-hybridized carbons (Fsp3) is 0.308. The lowest BCUT2D eigenvalue weighted by Gasteiger charge is -2.27. The Morgan fingerprint density at radius 1 is 1.32 bits per heavy atom. The van der Waals surface area contributed by atoms with E-state index in [4.69, 9.17) is 24.5 Å². The molecule has 0 atom stereocenters. The van der Waals surface area contributed by atoms with Gasteiger partial charge in [-0.3, -0.25) is 0 Å². The number of hydrogen-bond acceptors (Lipinski definition) is 6. The zero-order valence-electron chi connectivity index (χ0n) is 10.5. The van der Waals surface area contributed by atoms with E-state index in [2.05, 4.69) is 5.16 Å². The first kappa shape index (κ1) is 11.9. The lowest BCUT2D eigenvalue weighted by atomic mass is 10.1. The van der Waals surface area contributed by atoms with E-state index in [9.17, 15) is 0 Å². The van der Waals surface area contributed by atoms with Crippen LogP contribution in [0, 0.1) is 0 Å². The minimum Gasteiger partial charge on any atom is -0.493 e. The fourth-order valence-electron chi connectivity index (χ4n) is 1.86. The van der Waals surface area contributed by atoms with E-state index in [1.807, 2.05) is 18.2 Å². The second-order valence-corrected chi connectivity index (χ2v) is 4.25. The lowest BCUT2D eigenvalue weighted by molar-refractivity contribution is -0.0803. The molecule has 1 saturated heterocycles. The van der Waals surface area contributed by atoms with E-state index in [1.54, 1.807) is 13.3 Å². The van der Waals surface area contributed by atoms with E-state index in [-0.39, 0.29) is 12.0 Å². The van der Waals surface area contributed by atoms with E-state index in [1.165, 1.54) is 0 Å². The van der Waals surface area contributed by atoms with Gasteiger partial charge >= 0.3 is 0 Å². The largest absolute Gasteiger partial charge is 0.493 e. The highest BCUT2D eigenvalue weighted by Gasteiger charge is 2.22. The number of aromatic nitrogens is 1. The Morgan fingerprint density at radius 3 is 2.74 bits per heavy atom. The van der Waals surface area contributed by atoms with Crippen molar-refractivity contribution in [2.45, 2.75) is 6.10 Å². The molecule has 0 unspecified atom stereocenters. The summed E-state index contributed by atoms with van der Waals surface area (Å²) >= 11 is 0. The Balaban J connectivity index is 1.94. The third-order valence-electron chi connectivity index (χ3n) is 2.97. The van der Waals surface area contributed by atoms with Crippen LogP contribution in [-0.2, 0) is 4.74 Å².